The van der Waals surface area contributed by atoms with E-state index in [-0.39, 0.29) is 12.2 Å². The maximum Gasteiger partial charge on any atom is 0.0648 e. The molecule has 0 fully saturated rings. The van der Waals surface area contributed by atoms with Crippen LogP contribution in [0.1, 0.15) is 34.1 Å². The van der Waals surface area contributed by atoms with Gasteiger partial charge in [-0.2, -0.15) is 0 Å². The molecule has 0 aromatic carbocycles. The molecule has 0 aromatic rings. The summed E-state index contributed by atoms with van der Waals surface area (Å²) in [6.45, 7) is 9.22. The van der Waals surface area contributed by atoms with Crippen molar-refractivity contribution in [3.05, 3.63) is 0 Å². The molecule has 1 N–H and O–H groups in total. The second-order valence-electron chi connectivity index (χ2n) is 3.94. The molecule has 0 bridgehead atoms. The Kier molecular flexibility index (Phi) is 4.69. The first-order valence-corrected chi connectivity index (χ1v) is 4.23. The predicted molar refractivity (Wildman–Crippen MR) is 46.6 cm³/mol. The summed E-state index contributed by atoms with van der Waals surface area (Å²) < 4.78 is 5.57. The molecule has 0 heterocycles. The number of hydrogen-bond acceptors (Lipinski definition) is 2. The van der Waals surface area contributed by atoms with Crippen molar-refractivity contribution in [3.8, 4) is 0 Å². The maximum atomic E-state index is 8.69. The lowest BCUT2D eigenvalue weighted by atomic mass is 10.1. The van der Waals surface area contributed by atoms with Crippen LogP contribution in [0.25, 0.3) is 0 Å². The van der Waals surface area contributed by atoms with Crippen molar-refractivity contribution in [2.75, 3.05) is 13.2 Å². The van der Waals surface area contributed by atoms with Crippen LogP contribution >= 0.6 is 0 Å². The fourth-order valence-electron chi connectivity index (χ4n) is 0.734. The minimum Gasteiger partial charge on any atom is -0.396 e. The van der Waals surface area contributed by atoms with Gasteiger partial charge in [-0.25, -0.2) is 0 Å². The Hall–Kier alpha value is -0.0800. The molecule has 2 heteroatoms. The zero-order valence-electron chi connectivity index (χ0n) is 8.05. The Bertz CT molecular complexity index is 97.7. The maximum absolute atomic E-state index is 8.69. The molecule has 11 heavy (non-hydrogen) atoms. The zero-order chi connectivity index (χ0) is 8.91. The number of hydrogen-bond donors (Lipinski definition) is 1. The second-order valence-corrected chi connectivity index (χ2v) is 3.94. The van der Waals surface area contributed by atoms with Gasteiger partial charge < -0.3 is 9.84 Å². The highest BCUT2D eigenvalue weighted by Gasteiger charge is 2.17. The van der Waals surface area contributed by atoms with E-state index in [9.17, 15) is 0 Å². The largest absolute Gasteiger partial charge is 0.396 e. The molecular formula is C9H20O2. The molecule has 0 radical (unpaired) electrons. The lowest BCUT2D eigenvalue weighted by molar-refractivity contribution is -0.0440. The van der Waals surface area contributed by atoms with Crippen molar-refractivity contribution in [1.29, 1.82) is 0 Å². The van der Waals surface area contributed by atoms with Crippen LogP contribution in [0.2, 0.25) is 0 Å². The van der Waals surface area contributed by atoms with Gasteiger partial charge in [0, 0.05) is 13.2 Å². The number of aliphatic hydroxyl groups excluding tert-OH is 1. The van der Waals surface area contributed by atoms with Crippen LogP contribution in [0.4, 0.5) is 0 Å². The van der Waals surface area contributed by atoms with Gasteiger partial charge in [-0.3, -0.25) is 0 Å². The fraction of sp³-hybridized carbons (Fsp3) is 1.00. The Labute approximate surface area is 69.6 Å². The van der Waals surface area contributed by atoms with E-state index in [2.05, 4.69) is 13.8 Å². The van der Waals surface area contributed by atoms with Gasteiger partial charge in [0.15, 0.2) is 0 Å². The summed E-state index contributed by atoms with van der Waals surface area (Å²) >= 11 is 0. The summed E-state index contributed by atoms with van der Waals surface area (Å²) in [5, 5.41) is 8.69. The molecule has 2 nitrogen and oxygen atoms in total. The van der Waals surface area contributed by atoms with Crippen molar-refractivity contribution < 1.29 is 9.84 Å². The quantitative estimate of drug-likeness (QED) is 0.664. The molecule has 0 aromatic heterocycles. The highest BCUT2D eigenvalue weighted by molar-refractivity contribution is 4.67. The Balaban J connectivity index is 3.54. The van der Waals surface area contributed by atoms with Gasteiger partial charge >= 0.3 is 0 Å². The third-order valence-corrected chi connectivity index (χ3v) is 1.52. The molecule has 0 saturated heterocycles. The smallest absolute Gasteiger partial charge is 0.0648 e. The summed E-state index contributed by atoms with van der Waals surface area (Å²) in [7, 11) is 0. The summed E-state index contributed by atoms with van der Waals surface area (Å²) in [6, 6.07) is 0. The van der Waals surface area contributed by atoms with Crippen molar-refractivity contribution in [3.63, 3.8) is 0 Å². The molecule has 0 atom stereocenters. The van der Waals surface area contributed by atoms with E-state index >= 15 is 0 Å². The highest BCUT2D eigenvalue weighted by Crippen LogP contribution is 2.14. The summed E-state index contributed by atoms with van der Waals surface area (Å²) in [5.74, 6) is 0.563. The van der Waals surface area contributed by atoms with Gasteiger partial charge in [-0.1, -0.05) is 13.8 Å². The molecule has 0 spiro atoms. The van der Waals surface area contributed by atoms with Crippen molar-refractivity contribution in [1.82, 2.24) is 0 Å². The van der Waals surface area contributed by atoms with Crippen LogP contribution < -0.4 is 0 Å². The van der Waals surface area contributed by atoms with E-state index in [0.29, 0.717) is 12.3 Å². The minimum atomic E-state index is -0.168. The average molecular weight is 160 g/mol. The minimum absolute atomic E-state index is 0.168. The van der Waals surface area contributed by atoms with E-state index < -0.39 is 0 Å². The van der Waals surface area contributed by atoms with Crippen LogP contribution in [-0.2, 0) is 4.74 Å². The summed E-state index contributed by atoms with van der Waals surface area (Å²) in [5.41, 5.74) is -0.168. The molecule has 0 aliphatic rings. The van der Waals surface area contributed by atoms with Crippen LogP contribution in [-0.4, -0.2) is 23.9 Å². The van der Waals surface area contributed by atoms with Crippen molar-refractivity contribution in [2.45, 2.75) is 39.7 Å². The normalized spacial score (nSPS) is 12.5. The molecule has 0 unspecified atom stereocenters. The predicted octanol–water partition coefficient (Wildman–Crippen LogP) is 1.82. The van der Waals surface area contributed by atoms with E-state index in [1.54, 1.807) is 0 Å². The van der Waals surface area contributed by atoms with Crippen LogP contribution in [0.5, 0.6) is 0 Å². The Morgan fingerprint density at radius 2 is 1.91 bits per heavy atom. The monoisotopic (exact) mass is 160 g/mol. The molecule has 0 aliphatic carbocycles. The molecule has 0 saturated carbocycles. The van der Waals surface area contributed by atoms with Crippen LogP contribution in [0.15, 0.2) is 0 Å². The van der Waals surface area contributed by atoms with Gasteiger partial charge in [0.05, 0.1) is 5.60 Å². The summed E-state index contributed by atoms with van der Waals surface area (Å²) in [6.07, 6.45) is 0.708. The molecule has 0 aliphatic heterocycles. The topological polar surface area (TPSA) is 29.5 Å². The Morgan fingerprint density at radius 3 is 2.27 bits per heavy atom. The SMILES string of the molecule is CC(C)COC(C)(C)CCO. The first-order chi connectivity index (χ1) is 4.98. The van der Waals surface area contributed by atoms with E-state index in [0.717, 1.165) is 6.61 Å². The average Bonchev–Trinajstić information content (AvgIpc) is 1.84. The van der Waals surface area contributed by atoms with Crippen LogP contribution in [0, 0.1) is 5.92 Å². The number of rotatable bonds is 5. The lowest BCUT2D eigenvalue weighted by Gasteiger charge is -2.25. The summed E-state index contributed by atoms with van der Waals surface area (Å²) in [4.78, 5) is 0. The van der Waals surface area contributed by atoms with E-state index in [4.69, 9.17) is 9.84 Å². The van der Waals surface area contributed by atoms with Gasteiger partial charge in [-0.15, -0.1) is 0 Å². The first kappa shape index (κ1) is 10.9. The lowest BCUT2D eigenvalue weighted by Crippen LogP contribution is -2.27. The molecular weight excluding hydrogens is 140 g/mol. The van der Waals surface area contributed by atoms with Gasteiger partial charge in [0.1, 0.15) is 0 Å². The Morgan fingerprint density at radius 1 is 1.36 bits per heavy atom. The number of ether oxygens (including phenoxy) is 1. The molecule has 0 amide bonds. The highest BCUT2D eigenvalue weighted by atomic mass is 16.5. The van der Waals surface area contributed by atoms with Gasteiger partial charge in [0.2, 0.25) is 0 Å². The standard InChI is InChI=1S/C9H20O2/c1-8(2)7-11-9(3,4)5-6-10/h8,10H,5-7H2,1-4H3. The van der Waals surface area contributed by atoms with E-state index in [1.807, 2.05) is 13.8 Å². The van der Waals surface area contributed by atoms with E-state index in [1.165, 1.54) is 0 Å². The van der Waals surface area contributed by atoms with Gasteiger partial charge in [-0.05, 0) is 26.2 Å². The van der Waals surface area contributed by atoms with Crippen molar-refractivity contribution in [2.24, 2.45) is 5.92 Å². The molecule has 0 rings (SSSR count). The number of aliphatic hydroxyl groups is 1. The first-order valence-electron chi connectivity index (χ1n) is 4.23. The third-order valence-electron chi connectivity index (χ3n) is 1.52. The third kappa shape index (κ3) is 6.32. The second kappa shape index (κ2) is 4.73. The van der Waals surface area contributed by atoms with Gasteiger partial charge in [0.25, 0.3) is 0 Å². The molecule has 68 valence electrons. The van der Waals surface area contributed by atoms with Crippen molar-refractivity contribution >= 4 is 0 Å². The van der Waals surface area contributed by atoms with Crippen LogP contribution in [0.3, 0.4) is 0 Å². The fourth-order valence-corrected chi connectivity index (χ4v) is 0.734. The zero-order valence-corrected chi connectivity index (χ0v) is 8.05.